The van der Waals surface area contributed by atoms with Gasteiger partial charge in [-0.1, -0.05) is 36.4 Å². The fourth-order valence-electron chi connectivity index (χ4n) is 2.91. The number of carbonyl (C=O) groups excluding carboxylic acids is 1. The molecule has 0 radical (unpaired) electrons. The summed E-state index contributed by atoms with van der Waals surface area (Å²) >= 11 is 1.67. The van der Waals surface area contributed by atoms with Gasteiger partial charge in [0.2, 0.25) is 0 Å². The van der Waals surface area contributed by atoms with Gasteiger partial charge in [0, 0.05) is 24.6 Å². The van der Waals surface area contributed by atoms with Gasteiger partial charge in [-0.25, -0.2) is 4.79 Å². The first kappa shape index (κ1) is 17.0. The molecule has 24 heavy (non-hydrogen) atoms. The number of nitrogens with one attached hydrogen (secondary N) is 1. The Bertz CT molecular complexity index is 608. The number of likely N-dealkylation sites (tertiary alicyclic amines) is 1. The number of carbonyl (C=O) groups is 1. The van der Waals surface area contributed by atoms with Crippen LogP contribution < -0.4 is 5.32 Å². The first-order valence-electron chi connectivity index (χ1n) is 8.48. The second-order valence-electron chi connectivity index (χ2n) is 6.17. The van der Waals surface area contributed by atoms with Crippen molar-refractivity contribution in [1.29, 1.82) is 0 Å². The number of amides is 2. The molecule has 1 aliphatic rings. The Morgan fingerprint density at radius 1 is 1.17 bits per heavy atom. The standard InChI is InChI=1S/C19H24N2O2S/c22-19(20-13-18-7-4-12-24-18)21-10-8-17(9-11-21)15-23-14-16-5-2-1-3-6-16/h1-7,12,17H,8-11,13-15H2,(H,20,22). The highest BCUT2D eigenvalue weighted by atomic mass is 32.1. The Morgan fingerprint density at radius 2 is 1.96 bits per heavy atom. The van der Waals surface area contributed by atoms with E-state index in [1.54, 1.807) is 11.3 Å². The van der Waals surface area contributed by atoms with Gasteiger partial charge in [-0.05, 0) is 35.8 Å². The average molecular weight is 344 g/mol. The predicted octanol–water partition coefficient (Wildman–Crippen LogP) is 3.89. The molecule has 0 saturated carbocycles. The first-order valence-corrected chi connectivity index (χ1v) is 9.36. The predicted molar refractivity (Wildman–Crippen MR) is 96.9 cm³/mol. The van der Waals surface area contributed by atoms with Crippen LogP contribution in [0, 0.1) is 5.92 Å². The number of nitrogens with zero attached hydrogens (tertiary/aromatic N) is 1. The number of piperidine rings is 1. The van der Waals surface area contributed by atoms with Gasteiger partial charge < -0.3 is 15.0 Å². The SMILES string of the molecule is O=C(NCc1cccs1)N1CCC(COCc2ccccc2)CC1. The Balaban J connectivity index is 1.32. The van der Waals surface area contributed by atoms with Gasteiger partial charge in [0.25, 0.3) is 0 Å². The van der Waals surface area contributed by atoms with E-state index in [1.807, 2.05) is 40.6 Å². The van der Waals surface area contributed by atoms with E-state index in [0.29, 0.717) is 19.1 Å². The number of benzene rings is 1. The van der Waals surface area contributed by atoms with Crippen molar-refractivity contribution in [3.05, 3.63) is 58.3 Å². The summed E-state index contributed by atoms with van der Waals surface area (Å²) < 4.78 is 5.83. The fourth-order valence-corrected chi connectivity index (χ4v) is 3.55. The van der Waals surface area contributed by atoms with Crippen molar-refractivity contribution in [1.82, 2.24) is 10.2 Å². The van der Waals surface area contributed by atoms with Gasteiger partial charge in [-0.15, -0.1) is 11.3 Å². The van der Waals surface area contributed by atoms with E-state index in [1.165, 1.54) is 10.4 Å². The summed E-state index contributed by atoms with van der Waals surface area (Å²) in [5, 5.41) is 5.03. The summed E-state index contributed by atoms with van der Waals surface area (Å²) in [6, 6.07) is 14.3. The molecule has 2 amide bonds. The minimum atomic E-state index is 0.0482. The number of hydrogen-bond donors (Lipinski definition) is 1. The zero-order valence-corrected chi connectivity index (χ0v) is 14.6. The van der Waals surface area contributed by atoms with Crippen LogP contribution in [0.3, 0.4) is 0 Å². The Kier molecular flexibility index (Phi) is 6.26. The summed E-state index contributed by atoms with van der Waals surface area (Å²) in [5.74, 6) is 0.551. The van der Waals surface area contributed by atoms with Crippen molar-refractivity contribution in [2.24, 2.45) is 5.92 Å². The van der Waals surface area contributed by atoms with Crippen molar-refractivity contribution >= 4 is 17.4 Å². The van der Waals surface area contributed by atoms with E-state index in [0.717, 1.165) is 32.5 Å². The van der Waals surface area contributed by atoms with Gasteiger partial charge in [-0.3, -0.25) is 0 Å². The lowest BCUT2D eigenvalue weighted by atomic mass is 9.98. The maximum atomic E-state index is 12.2. The third kappa shape index (κ3) is 5.08. The number of rotatable bonds is 6. The van der Waals surface area contributed by atoms with E-state index in [4.69, 9.17) is 4.74 Å². The van der Waals surface area contributed by atoms with E-state index in [-0.39, 0.29) is 6.03 Å². The lowest BCUT2D eigenvalue weighted by Gasteiger charge is -2.31. The van der Waals surface area contributed by atoms with Crippen molar-refractivity contribution in [3.8, 4) is 0 Å². The van der Waals surface area contributed by atoms with Crippen LogP contribution in [0.15, 0.2) is 47.8 Å². The average Bonchev–Trinajstić information content (AvgIpc) is 3.15. The largest absolute Gasteiger partial charge is 0.376 e. The number of thiophene rings is 1. The van der Waals surface area contributed by atoms with E-state index in [9.17, 15) is 4.79 Å². The Morgan fingerprint density at radius 3 is 2.67 bits per heavy atom. The summed E-state index contributed by atoms with van der Waals surface area (Å²) in [4.78, 5) is 15.3. The second-order valence-corrected chi connectivity index (χ2v) is 7.20. The molecule has 3 rings (SSSR count). The van der Waals surface area contributed by atoms with Gasteiger partial charge in [0.05, 0.1) is 13.2 Å². The van der Waals surface area contributed by atoms with E-state index in [2.05, 4.69) is 17.4 Å². The Hall–Kier alpha value is -1.85. The normalized spacial score (nSPS) is 15.4. The molecule has 128 valence electrons. The molecule has 1 aromatic carbocycles. The summed E-state index contributed by atoms with van der Waals surface area (Å²) in [6.45, 7) is 3.70. The highest BCUT2D eigenvalue weighted by Crippen LogP contribution is 2.18. The molecular formula is C19H24N2O2S. The van der Waals surface area contributed by atoms with Crippen LogP contribution in [-0.4, -0.2) is 30.6 Å². The van der Waals surface area contributed by atoms with Crippen LogP contribution in [0.4, 0.5) is 4.79 Å². The summed E-state index contributed by atoms with van der Waals surface area (Å²) in [7, 11) is 0. The smallest absolute Gasteiger partial charge is 0.317 e. The molecule has 1 aromatic heterocycles. The summed E-state index contributed by atoms with van der Waals surface area (Å²) in [5.41, 5.74) is 1.21. The van der Waals surface area contributed by atoms with E-state index >= 15 is 0 Å². The molecule has 1 fully saturated rings. The van der Waals surface area contributed by atoms with Gasteiger partial charge in [-0.2, -0.15) is 0 Å². The first-order chi connectivity index (χ1) is 11.8. The van der Waals surface area contributed by atoms with Crippen LogP contribution in [0.2, 0.25) is 0 Å². The lowest BCUT2D eigenvalue weighted by molar-refractivity contribution is 0.0629. The van der Waals surface area contributed by atoms with Crippen molar-refractivity contribution in [3.63, 3.8) is 0 Å². The minimum absolute atomic E-state index is 0.0482. The fraction of sp³-hybridized carbons (Fsp3) is 0.421. The zero-order valence-electron chi connectivity index (χ0n) is 13.8. The van der Waals surface area contributed by atoms with Gasteiger partial charge in [0.15, 0.2) is 0 Å². The molecule has 0 aliphatic carbocycles. The molecule has 0 spiro atoms. The van der Waals surface area contributed by atoms with Crippen LogP contribution in [-0.2, 0) is 17.9 Å². The van der Waals surface area contributed by atoms with Crippen LogP contribution in [0.5, 0.6) is 0 Å². The van der Waals surface area contributed by atoms with Gasteiger partial charge in [0.1, 0.15) is 0 Å². The zero-order chi connectivity index (χ0) is 16.6. The molecule has 0 bridgehead atoms. The maximum Gasteiger partial charge on any atom is 0.317 e. The molecule has 2 aromatic rings. The maximum absolute atomic E-state index is 12.2. The molecule has 1 aliphatic heterocycles. The number of ether oxygens (including phenoxy) is 1. The monoisotopic (exact) mass is 344 g/mol. The van der Waals surface area contributed by atoms with Crippen LogP contribution in [0.1, 0.15) is 23.3 Å². The second kappa shape index (κ2) is 8.85. The Labute approximate surface area is 147 Å². The summed E-state index contributed by atoms with van der Waals surface area (Å²) in [6.07, 6.45) is 2.03. The third-order valence-corrected chi connectivity index (χ3v) is 5.24. The molecule has 1 N–H and O–H groups in total. The van der Waals surface area contributed by atoms with E-state index < -0.39 is 0 Å². The molecular weight excluding hydrogens is 320 g/mol. The van der Waals surface area contributed by atoms with Crippen molar-refractivity contribution in [2.45, 2.75) is 26.0 Å². The quantitative estimate of drug-likeness (QED) is 0.864. The van der Waals surface area contributed by atoms with Crippen molar-refractivity contribution < 1.29 is 9.53 Å². The number of hydrogen-bond acceptors (Lipinski definition) is 3. The topological polar surface area (TPSA) is 41.6 Å². The van der Waals surface area contributed by atoms with Gasteiger partial charge >= 0.3 is 6.03 Å². The number of urea groups is 1. The molecule has 1 saturated heterocycles. The third-order valence-electron chi connectivity index (χ3n) is 4.36. The van der Waals surface area contributed by atoms with Crippen LogP contribution >= 0.6 is 11.3 Å². The molecule has 0 atom stereocenters. The minimum Gasteiger partial charge on any atom is -0.376 e. The highest BCUT2D eigenvalue weighted by molar-refractivity contribution is 7.09. The highest BCUT2D eigenvalue weighted by Gasteiger charge is 2.22. The molecule has 4 nitrogen and oxygen atoms in total. The lowest BCUT2D eigenvalue weighted by Crippen LogP contribution is -2.44. The molecule has 5 heteroatoms. The van der Waals surface area contributed by atoms with Crippen LogP contribution in [0.25, 0.3) is 0 Å². The molecule has 0 unspecified atom stereocenters. The molecule has 2 heterocycles. The van der Waals surface area contributed by atoms with Crippen molar-refractivity contribution in [2.75, 3.05) is 19.7 Å².